The molecule has 2 N–H and O–H groups in total. The van der Waals surface area contributed by atoms with Crippen LogP contribution in [0.5, 0.6) is 5.75 Å². The zero-order chi connectivity index (χ0) is 13.0. The normalized spacial score (nSPS) is 12.2. The third-order valence-corrected chi connectivity index (χ3v) is 2.94. The predicted molar refractivity (Wildman–Crippen MR) is 72.6 cm³/mol. The maximum absolute atomic E-state index is 6.20. The number of ether oxygens (including phenoxy) is 1. The van der Waals surface area contributed by atoms with E-state index in [9.17, 15) is 0 Å². The molecule has 18 heavy (non-hydrogen) atoms. The Kier molecular flexibility index (Phi) is 3.95. The Morgan fingerprint density at radius 2 is 1.94 bits per heavy atom. The molecule has 3 heteroatoms. The second kappa shape index (κ2) is 5.65. The summed E-state index contributed by atoms with van der Waals surface area (Å²) in [5.74, 6) is 0.865. The van der Waals surface area contributed by atoms with E-state index in [1.165, 1.54) is 5.56 Å². The second-order valence-corrected chi connectivity index (χ2v) is 4.45. The van der Waals surface area contributed by atoms with Gasteiger partial charge >= 0.3 is 0 Å². The lowest BCUT2D eigenvalue weighted by atomic mass is 10.0. The van der Waals surface area contributed by atoms with Gasteiger partial charge in [0.25, 0.3) is 0 Å². The van der Waals surface area contributed by atoms with E-state index in [2.05, 4.69) is 11.1 Å². The Labute approximate surface area is 108 Å². The summed E-state index contributed by atoms with van der Waals surface area (Å²) in [6.45, 7) is 2.02. The van der Waals surface area contributed by atoms with Gasteiger partial charge in [0, 0.05) is 18.4 Å². The first-order valence-corrected chi connectivity index (χ1v) is 5.99. The highest BCUT2D eigenvalue weighted by atomic mass is 16.5. The molecule has 1 aromatic carbocycles. The van der Waals surface area contributed by atoms with Gasteiger partial charge in [0.1, 0.15) is 5.75 Å². The van der Waals surface area contributed by atoms with Gasteiger partial charge in [-0.05, 0) is 42.2 Å². The number of aryl methyl sites for hydroxylation is 1. The molecule has 94 valence electrons. The number of nitrogens with two attached hydrogens (primary N) is 1. The van der Waals surface area contributed by atoms with E-state index in [0.717, 1.165) is 23.3 Å². The van der Waals surface area contributed by atoms with Crippen molar-refractivity contribution in [2.24, 2.45) is 5.73 Å². The summed E-state index contributed by atoms with van der Waals surface area (Å²) < 4.78 is 5.13. The molecular formula is C15H18N2O. The average molecular weight is 242 g/mol. The lowest BCUT2D eigenvalue weighted by Crippen LogP contribution is -2.13. The van der Waals surface area contributed by atoms with Crippen LogP contribution in [0.2, 0.25) is 0 Å². The molecule has 0 fully saturated rings. The summed E-state index contributed by atoms with van der Waals surface area (Å²) in [5.41, 5.74) is 9.61. The molecule has 3 nitrogen and oxygen atoms in total. The van der Waals surface area contributed by atoms with Crippen molar-refractivity contribution < 1.29 is 4.74 Å². The average Bonchev–Trinajstić information content (AvgIpc) is 2.39. The highest BCUT2D eigenvalue weighted by molar-refractivity contribution is 5.29. The topological polar surface area (TPSA) is 48.1 Å². The summed E-state index contributed by atoms with van der Waals surface area (Å²) in [5, 5.41) is 0. The molecule has 0 spiro atoms. The summed E-state index contributed by atoms with van der Waals surface area (Å²) in [6, 6.07) is 10.1. The van der Waals surface area contributed by atoms with Crippen LogP contribution in [0.4, 0.5) is 0 Å². The Balaban J connectivity index is 2.08. The SMILES string of the molecule is COc1ccc(CC(N)c2cncc(C)c2)cc1. The van der Waals surface area contributed by atoms with Crippen LogP contribution in [0.1, 0.15) is 22.7 Å². The second-order valence-electron chi connectivity index (χ2n) is 4.45. The number of methoxy groups -OCH3 is 1. The standard InChI is InChI=1S/C15H18N2O/c1-11-7-13(10-17-9-11)15(16)8-12-3-5-14(18-2)6-4-12/h3-7,9-10,15H,8,16H2,1-2H3. The lowest BCUT2D eigenvalue weighted by Gasteiger charge is -2.12. The zero-order valence-corrected chi connectivity index (χ0v) is 10.8. The molecule has 2 aromatic rings. The lowest BCUT2D eigenvalue weighted by molar-refractivity contribution is 0.414. The van der Waals surface area contributed by atoms with Crippen molar-refractivity contribution in [2.75, 3.05) is 7.11 Å². The Hall–Kier alpha value is -1.87. The van der Waals surface area contributed by atoms with Gasteiger partial charge in [-0.3, -0.25) is 4.98 Å². The van der Waals surface area contributed by atoms with Crippen molar-refractivity contribution in [3.05, 3.63) is 59.4 Å². The molecular weight excluding hydrogens is 224 g/mol. The first-order chi connectivity index (χ1) is 8.69. The van der Waals surface area contributed by atoms with Gasteiger partial charge < -0.3 is 10.5 Å². The predicted octanol–water partition coefficient (Wildman–Crippen LogP) is 2.64. The van der Waals surface area contributed by atoms with Crippen LogP contribution in [-0.2, 0) is 6.42 Å². The van der Waals surface area contributed by atoms with Crippen LogP contribution in [0, 0.1) is 6.92 Å². The summed E-state index contributed by atoms with van der Waals surface area (Å²) >= 11 is 0. The Morgan fingerprint density at radius 3 is 2.56 bits per heavy atom. The third-order valence-electron chi connectivity index (χ3n) is 2.94. The van der Waals surface area contributed by atoms with E-state index in [4.69, 9.17) is 10.5 Å². The number of benzene rings is 1. The van der Waals surface area contributed by atoms with Crippen molar-refractivity contribution in [2.45, 2.75) is 19.4 Å². The summed E-state index contributed by atoms with van der Waals surface area (Å²) in [7, 11) is 1.67. The van der Waals surface area contributed by atoms with Crippen molar-refractivity contribution in [3.8, 4) is 5.75 Å². The third kappa shape index (κ3) is 3.08. The fraction of sp³-hybridized carbons (Fsp3) is 0.267. The van der Waals surface area contributed by atoms with E-state index in [-0.39, 0.29) is 6.04 Å². The van der Waals surface area contributed by atoms with Crippen molar-refractivity contribution >= 4 is 0 Å². The molecule has 0 bridgehead atoms. The summed E-state index contributed by atoms with van der Waals surface area (Å²) in [6.07, 6.45) is 4.47. The van der Waals surface area contributed by atoms with E-state index in [1.54, 1.807) is 7.11 Å². The van der Waals surface area contributed by atoms with Crippen molar-refractivity contribution in [3.63, 3.8) is 0 Å². The van der Waals surface area contributed by atoms with Crippen molar-refractivity contribution in [1.29, 1.82) is 0 Å². The smallest absolute Gasteiger partial charge is 0.118 e. The van der Waals surface area contributed by atoms with Gasteiger partial charge in [0.2, 0.25) is 0 Å². The molecule has 1 unspecified atom stereocenters. The highest BCUT2D eigenvalue weighted by Crippen LogP contribution is 2.18. The van der Waals surface area contributed by atoms with Gasteiger partial charge in [-0.2, -0.15) is 0 Å². The number of rotatable bonds is 4. The minimum atomic E-state index is -0.0224. The number of pyridine rings is 1. The number of aromatic nitrogens is 1. The minimum absolute atomic E-state index is 0.0224. The van der Waals surface area contributed by atoms with Crippen LogP contribution >= 0.6 is 0 Å². The zero-order valence-electron chi connectivity index (χ0n) is 10.8. The fourth-order valence-corrected chi connectivity index (χ4v) is 1.91. The number of hydrogen-bond acceptors (Lipinski definition) is 3. The van der Waals surface area contributed by atoms with Crippen LogP contribution in [0.15, 0.2) is 42.7 Å². The molecule has 0 saturated heterocycles. The van der Waals surface area contributed by atoms with E-state index in [0.29, 0.717) is 0 Å². The van der Waals surface area contributed by atoms with Gasteiger partial charge in [0.15, 0.2) is 0 Å². The molecule has 0 aliphatic heterocycles. The van der Waals surface area contributed by atoms with Gasteiger partial charge in [-0.15, -0.1) is 0 Å². The largest absolute Gasteiger partial charge is 0.497 e. The van der Waals surface area contributed by atoms with Crippen LogP contribution in [0.3, 0.4) is 0 Å². The molecule has 0 radical (unpaired) electrons. The van der Waals surface area contributed by atoms with Gasteiger partial charge in [-0.25, -0.2) is 0 Å². The maximum atomic E-state index is 6.20. The van der Waals surface area contributed by atoms with Crippen LogP contribution < -0.4 is 10.5 Å². The highest BCUT2D eigenvalue weighted by Gasteiger charge is 2.07. The van der Waals surface area contributed by atoms with Gasteiger partial charge in [0.05, 0.1) is 7.11 Å². The number of hydrogen-bond donors (Lipinski definition) is 1. The Bertz CT molecular complexity index is 508. The molecule has 1 heterocycles. The van der Waals surface area contributed by atoms with Crippen molar-refractivity contribution in [1.82, 2.24) is 4.98 Å². The fourth-order valence-electron chi connectivity index (χ4n) is 1.91. The molecule has 0 aliphatic rings. The van der Waals surface area contributed by atoms with Gasteiger partial charge in [-0.1, -0.05) is 18.2 Å². The Morgan fingerprint density at radius 1 is 1.22 bits per heavy atom. The minimum Gasteiger partial charge on any atom is -0.497 e. The summed E-state index contributed by atoms with van der Waals surface area (Å²) in [4.78, 5) is 4.17. The van der Waals surface area contributed by atoms with E-state index >= 15 is 0 Å². The first-order valence-electron chi connectivity index (χ1n) is 5.99. The van der Waals surface area contributed by atoms with Crippen LogP contribution in [-0.4, -0.2) is 12.1 Å². The van der Waals surface area contributed by atoms with E-state index < -0.39 is 0 Å². The van der Waals surface area contributed by atoms with E-state index in [1.807, 2.05) is 43.6 Å². The first kappa shape index (κ1) is 12.6. The molecule has 0 amide bonds. The molecule has 0 saturated carbocycles. The molecule has 0 aliphatic carbocycles. The quantitative estimate of drug-likeness (QED) is 0.896. The molecule has 2 rings (SSSR count). The maximum Gasteiger partial charge on any atom is 0.118 e. The van der Waals surface area contributed by atoms with Crippen LogP contribution in [0.25, 0.3) is 0 Å². The molecule has 1 aromatic heterocycles. The molecule has 1 atom stereocenters. The monoisotopic (exact) mass is 242 g/mol. The number of nitrogens with zero attached hydrogens (tertiary/aromatic N) is 1.